The monoisotopic (exact) mass is 465 g/mol. The van der Waals surface area contributed by atoms with Crippen molar-refractivity contribution in [1.29, 1.82) is 0 Å². The van der Waals surface area contributed by atoms with Gasteiger partial charge >= 0.3 is 11.6 Å². The highest BCUT2D eigenvalue weighted by molar-refractivity contribution is 6.00. The third kappa shape index (κ3) is 4.01. The summed E-state index contributed by atoms with van der Waals surface area (Å²) < 4.78 is 11.9. The van der Waals surface area contributed by atoms with Crippen molar-refractivity contribution in [2.24, 2.45) is 11.8 Å². The van der Waals surface area contributed by atoms with Crippen LogP contribution in [0.25, 0.3) is 21.9 Å². The molecule has 7 nitrogen and oxygen atoms in total. The molecular weight excluding hydrogens is 434 g/mol. The van der Waals surface area contributed by atoms with Crippen LogP contribution < -0.4 is 10.9 Å². The van der Waals surface area contributed by atoms with Crippen LogP contribution in [0.3, 0.4) is 0 Å². The van der Waals surface area contributed by atoms with E-state index in [9.17, 15) is 14.4 Å². The second-order valence-corrected chi connectivity index (χ2v) is 10.00. The highest BCUT2D eigenvalue weighted by atomic mass is 16.4. The second-order valence-electron chi connectivity index (χ2n) is 10.00. The molecule has 0 atom stereocenters. The van der Waals surface area contributed by atoms with Crippen LogP contribution in [0.2, 0.25) is 0 Å². The van der Waals surface area contributed by atoms with Gasteiger partial charge in [0, 0.05) is 34.9 Å². The fourth-order valence-electron chi connectivity index (χ4n) is 5.72. The standard InChI is InChI=1S/C27H31NO6/c1-14-19-11-21-18-5-3-4-6-22(18)33-25(21)15(2)24(19)34-27(32)20(14)12-23(29)28-13-16-7-9-17(10-8-16)26(30)31/h11,16-17H,3-10,12-13H2,1-2H3,(H,28,29)(H,30,31). The van der Waals surface area contributed by atoms with Crippen molar-refractivity contribution in [3.8, 4) is 0 Å². The molecule has 0 radical (unpaired) electrons. The van der Waals surface area contributed by atoms with E-state index in [0.717, 1.165) is 71.8 Å². The Bertz CT molecular complexity index is 1340. The third-order valence-electron chi connectivity index (χ3n) is 7.85. The van der Waals surface area contributed by atoms with Crippen LogP contribution >= 0.6 is 0 Å². The summed E-state index contributed by atoms with van der Waals surface area (Å²) in [7, 11) is 0. The van der Waals surface area contributed by atoms with Crippen molar-refractivity contribution >= 4 is 33.8 Å². The molecule has 2 N–H and O–H groups in total. The average molecular weight is 466 g/mol. The zero-order valence-corrected chi connectivity index (χ0v) is 19.8. The summed E-state index contributed by atoms with van der Waals surface area (Å²) in [6.45, 7) is 4.31. The van der Waals surface area contributed by atoms with Crippen LogP contribution in [-0.2, 0) is 28.9 Å². The maximum Gasteiger partial charge on any atom is 0.340 e. The van der Waals surface area contributed by atoms with Crippen molar-refractivity contribution in [2.45, 2.75) is 71.6 Å². The van der Waals surface area contributed by atoms with Gasteiger partial charge in [0.1, 0.15) is 16.9 Å². The molecule has 1 aromatic carbocycles. The Morgan fingerprint density at radius 2 is 1.71 bits per heavy atom. The number of amides is 1. The Labute approximate surface area is 197 Å². The van der Waals surface area contributed by atoms with E-state index in [2.05, 4.69) is 11.4 Å². The number of carbonyl (C=O) groups excluding carboxylic acids is 1. The number of hydrogen-bond acceptors (Lipinski definition) is 5. The molecule has 0 saturated heterocycles. The summed E-state index contributed by atoms with van der Waals surface area (Å²) in [4.78, 5) is 36.7. The summed E-state index contributed by atoms with van der Waals surface area (Å²) in [5.74, 6) is 0.0964. The molecule has 0 bridgehead atoms. The number of carboxylic acids is 1. The zero-order valence-electron chi connectivity index (χ0n) is 19.8. The molecule has 0 aliphatic heterocycles. The van der Waals surface area contributed by atoms with Gasteiger partial charge in [0.05, 0.1) is 17.9 Å². The summed E-state index contributed by atoms with van der Waals surface area (Å²) in [5, 5.41) is 14.0. The minimum Gasteiger partial charge on any atom is -0.481 e. The number of aryl methyl sites for hydroxylation is 4. The van der Waals surface area contributed by atoms with Crippen molar-refractivity contribution < 1.29 is 23.5 Å². The zero-order chi connectivity index (χ0) is 24.0. The first-order valence-electron chi connectivity index (χ1n) is 12.3. The van der Waals surface area contributed by atoms with Crippen LogP contribution in [0.4, 0.5) is 0 Å². The number of furan rings is 1. The highest BCUT2D eigenvalue weighted by Gasteiger charge is 2.27. The van der Waals surface area contributed by atoms with Crippen molar-refractivity contribution in [3.05, 3.63) is 44.5 Å². The molecule has 1 amide bonds. The van der Waals surface area contributed by atoms with Gasteiger partial charge in [0.25, 0.3) is 0 Å². The Morgan fingerprint density at radius 3 is 2.44 bits per heavy atom. The van der Waals surface area contributed by atoms with Crippen LogP contribution in [0.15, 0.2) is 19.7 Å². The fraction of sp³-hybridized carbons (Fsp3) is 0.519. The minimum atomic E-state index is -0.732. The second kappa shape index (κ2) is 8.93. The molecule has 1 saturated carbocycles. The third-order valence-corrected chi connectivity index (χ3v) is 7.85. The molecule has 180 valence electrons. The number of nitrogens with one attached hydrogen (secondary N) is 1. The fourth-order valence-corrected chi connectivity index (χ4v) is 5.72. The number of carbonyl (C=O) groups is 2. The Hall–Kier alpha value is -3.09. The first-order valence-corrected chi connectivity index (χ1v) is 12.3. The topological polar surface area (TPSA) is 110 Å². The van der Waals surface area contributed by atoms with E-state index in [-0.39, 0.29) is 24.2 Å². The average Bonchev–Trinajstić information content (AvgIpc) is 3.21. The molecule has 0 spiro atoms. The van der Waals surface area contributed by atoms with E-state index in [0.29, 0.717) is 30.5 Å². The van der Waals surface area contributed by atoms with Crippen molar-refractivity contribution in [3.63, 3.8) is 0 Å². The Morgan fingerprint density at radius 1 is 1.00 bits per heavy atom. The van der Waals surface area contributed by atoms with Gasteiger partial charge in [-0.25, -0.2) is 4.79 Å². The van der Waals surface area contributed by atoms with E-state index < -0.39 is 11.6 Å². The van der Waals surface area contributed by atoms with Gasteiger partial charge < -0.3 is 19.3 Å². The van der Waals surface area contributed by atoms with Crippen molar-refractivity contribution in [1.82, 2.24) is 5.32 Å². The number of benzene rings is 1. The van der Waals surface area contributed by atoms with E-state index in [1.807, 2.05) is 13.8 Å². The largest absolute Gasteiger partial charge is 0.481 e. The van der Waals surface area contributed by atoms with Gasteiger partial charge in [-0.1, -0.05) is 0 Å². The van der Waals surface area contributed by atoms with Crippen LogP contribution in [0, 0.1) is 25.7 Å². The SMILES string of the molecule is Cc1c(CC(=O)NCC2CCC(C(=O)O)CC2)c(=O)oc2c(C)c3oc4c(c3cc12)CCCC4. The molecular formula is C27H31NO6. The van der Waals surface area contributed by atoms with E-state index in [4.69, 9.17) is 13.9 Å². The summed E-state index contributed by atoms with van der Waals surface area (Å²) in [6.07, 6.45) is 7.04. The molecule has 2 aliphatic carbocycles. The lowest BCUT2D eigenvalue weighted by molar-refractivity contribution is -0.143. The lowest BCUT2D eigenvalue weighted by atomic mass is 9.82. The van der Waals surface area contributed by atoms with Gasteiger partial charge in [-0.05, 0) is 76.3 Å². The number of rotatable bonds is 5. The maximum absolute atomic E-state index is 12.8. The van der Waals surface area contributed by atoms with E-state index >= 15 is 0 Å². The molecule has 2 heterocycles. The lowest BCUT2D eigenvalue weighted by Crippen LogP contribution is -2.34. The van der Waals surface area contributed by atoms with Gasteiger partial charge in [-0.2, -0.15) is 0 Å². The van der Waals surface area contributed by atoms with E-state index in [1.165, 1.54) is 5.56 Å². The first-order chi connectivity index (χ1) is 16.3. The molecule has 2 aliphatic rings. The van der Waals surface area contributed by atoms with Crippen LogP contribution in [-0.4, -0.2) is 23.5 Å². The Balaban J connectivity index is 1.37. The normalized spacial score (nSPS) is 20.4. The quantitative estimate of drug-likeness (QED) is 0.534. The number of fused-ring (bicyclic) bond motifs is 4. The molecule has 1 fully saturated rings. The molecule has 2 aromatic heterocycles. The van der Waals surface area contributed by atoms with Gasteiger partial charge in [0.15, 0.2) is 0 Å². The molecule has 5 rings (SSSR count). The molecule has 7 heteroatoms. The summed E-state index contributed by atoms with van der Waals surface area (Å²) in [6, 6.07) is 2.06. The predicted molar refractivity (Wildman–Crippen MR) is 128 cm³/mol. The number of hydrogen-bond donors (Lipinski definition) is 2. The smallest absolute Gasteiger partial charge is 0.340 e. The van der Waals surface area contributed by atoms with Gasteiger partial charge in [0.2, 0.25) is 5.91 Å². The van der Waals surface area contributed by atoms with Crippen molar-refractivity contribution in [2.75, 3.05) is 6.54 Å². The summed E-state index contributed by atoms with van der Waals surface area (Å²) in [5.41, 5.74) is 4.09. The van der Waals surface area contributed by atoms with Gasteiger partial charge in [-0.3, -0.25) is 9.59 Å². The van der Waals surface area contributed by atoms with E-state index in [1.54, 1.807) is 0 Å². The first kappa shape index (κ1) is 22.7. The molecule has 0 unspecified atom stereocenters. The summed E-state index contributed by atoms with van der Waals surface area (Å²) >= 11 is 0. The maximum atomic E-state index is 12.8. The Kier molecular flexibility index (Phi) is 5.96. The molecule has 34 heavy (non-hydrogen) atoms. The number of aliphatic carboxylic acids is 1. The predicted octanol–water partition coefficient (Wildman–Crippen LogP) is 4.58. The van der Waals surface area contributed by atoms with Crippen LogP contribution in [0.5, 0.6) is 0 Å². The van der Waals surface area contributed by atoms with Gasteiger partial charge in [-0.15, -0.1) is 0 Å². The van der Waals surface area contributed by atoms with Crippen LogP contribution in [0.1, 0.15) is 66.5 Å². The lowest BCUT2D eigenvalue weighted by Gasteiger charge is -2.26. The minimum absolute atomic E-state index is 0.0326. The number of carboxylic acid groups (broad SMARTS) is 1. The molecule has 3 aromatic rings. The highest BCUT2D eigenvalue weighted by Crippen LogP contribution is 2.38.